The Hall–Kier alpha value is -1.57. The highest BCUT2D eigenvalue weighted by molar-refractivity contribution is 7.58. The van der Waals surface area contributed by atoms with Crippen LogP contribution in [0.2, 0.25) is 0 Å². The number of hydrogen-bond donors (Lipinski definition) is 2. The number of piperidine rings is 1. The fourth-order valence-corrected chi connectivity index (χ4v) is 3.58. The number of hydrogen-bond acceptors (Lipinski definition) is 5. The van der Waals surface area contributed by atoms with Gasteiger partial charge in [-0.3, -0.25) is 9.69 Å². The normalized spacial score (nSPS) is 23.9. The summed E-state index contributed by atoms with van der Waals surface area (Å²) in [7, 11) is 0. The summed E-state index contributed by atoms with van der Waals surface area (Å²) >= 11 is 1.16. The zero-order chi connectivity index (χ0) is 15.5. The summed E-state index contributed by atoms with van der Waals surface area (Å²) in [6, 6.07) is 5.93. The molecule has 1 aromatic rings. The first-order valence-electron chi connectivity index (χ1n) is 7.62. The van der Waals surface area contributed by atoms with Crippen molar-refractivity contribution >= 4 is 34.3 Å². The largest absolute Gasteiger partial charge is 0.329 e. The van der Waals surface area contributed by atoms with E-state index < -0.39 is 0 Å². The Labute approximate surface area is 134 Å². The van der Waals surface area contributed by atoms with Gasteiger partial charge >= 0.3 is 0 Å². The third kappa shape index (κ3) is 3.26. The molecule has 2 atom stereocenters. The lowest BCUT2D eigenvalue weighted by Gasteiger charge is -2.37. The van der Waals surface area contributed by atoms with Crippen LogP contribution in [-0.4, -0.2) is 36.5 Å². The minimum atomic E-state index is -0.0199. The molecule has 1 fully saturated rings. The van der Waals surface area contributed by atoms with Crippen LogP contribution < -0.4 is 11.1 Å². The highest BCUT2D eigenvalue weighted by Crippen LogP contribution is 2.38. The predicted molar refractivity (Wildman–Crippen MR) is 89.4 cm³/mol. The predicted octanol–water partition coefficient (Wildman–Crippen LogP) is 2.41. The van der Waals surface area contributed by atoms with Crippen LogP contribution in [-0.2, 0) is 16.1 Å². The Morgan fingerprint density at radius 3 is 3.18 bits per heavy atom. The van der Waals surface area contributed by atoms with E-state index in [0.717, 1.165) is 47.8 Å². The van der Waals surface area contributed by atoms with E-state index in [1.54, 1.807) is 0 Å². The average molecular weight is 319 g/mol. The molecule has 0 bridgehead atoms. The maximum absolute atomic E-state index is 12.4. The van der Waals surface area contributed by atoms with Crippen molar-refractivity contribution in [2.24, 2.45) is 20.4 Å². The lowest BCUT2D eigenvalue weighted by molar-refractivity contribution is -0.118. The van der Waals surface area contributed by atoms with Crippen LogP contribution in [0, 0.1) is 5.92 Å². The first-order chi connectivity index (χ1) is 10.7. The molecule has 0 spiro atoms. The molecule has 2 heterocycles. The van der Waals surface area contributed by atoms with E-state index in [2.05, 4.69) is 25.9 Å². The number of nitrogens with two attached hydrogens (primary N) is 1. The molecular formula is C15H21N5OS. The van der Waals surface area contributed by atoms with Gasteiger partial charge in [-0.15, -0.1) is 0 Å². The van der Waals surface area contributed by atoms with E-state index in [1.807, 2.05) is 18.2 Å². The van der Waals surface area contributed by atoms with E-state index in [0.29, 0.717) is 25.0 Å². The second-order valence-corrected chi connectivity index (χ2v) is 6.50. The van der Waals surface area contributed by atoms with Gasteiger partial charge in [0.15, 0.2) is 0 Å². The van der Waals surface area contributed by atoms with Gasteiger partial charge in [0, 0.05) is 12.6 Å². The van der Waals surface area contributed by atoms with Gasteiger partial charge in [0.05, 0.1) is 23.6 Å². The fourth-order valence-electron chi connectivity index (χ4n) is 3.03. The van der Waals surface area contributed by atoms with Gasteiger partial charge < -0.3 is 11.1 Å². The first kappa shape index (κ1) is 15.3. The molecule has 7 heteroatoms. The van der Waals surface area contributed by atoms with Crippen LogP contribution in [0.1, 0.15) is 19.8 Å². The Balaban J connectivity index is 1.64. The SMILES string of the molecule is CC1CCN(CC(=O)Nc2cccc3c2N=S=N3)C(CN)C1. The molecule has 3 N–H and O–H groups in total. The Morgan fingerprint density at radius 1 is 1.50 bits per heavy atom. The summed E-state index contributed by atoms with van der Waals surface area (Å²) in [4.78, 5) is 14.5. The van der Waals surface area contributed by atoms with Crippen molar-refractivity contribution in [2.75, 3.05) is 25.0 Å². The van der Waals surface area contributed by atoms with E-state index in [-0.39, 0.29) is 5.91 Å². The fraction of sp³-hybridized carbons (Fsp3) is 0.533. The summed E-state index contributed by atoms with van der Waals surface area (Å²) in [5, 5.41) is 2.96. The van der Waals surface area contributed by atoms with E-state index in [4.69, 9.17) is 5.73 Å². The molecule has 2 unspecified atom stereocenters. The number of carbonyl (C=O) groups is 1. The molecule has 2 aliphatic rings. The molecule has 2 aliphatic heterocycles. The number of carbonyl (C=O) groups excluding carboxylic acids is 1. The highest BCUT2D eigenvalue weighted by atomic mass is 32.1. The van der Waals surface area contributed by atoms with Gasteiger partial charge in [-0.25, -0.2) is 0 Å². The molecule has 1 saturated heterocycles. The number of anilines is 1. The smallest absolute Gasteiger partial charge is 0.238 e. The maximum atomic E-state index is 12.4. The molecule has 22 heavy (non-hydrogen) atoms. The summed E-state index contributed by atoms with van der Waals surface area (Å²) in [6.07, 6.45) is 2.19. The molecule has 1 amide bonds. The number of nitrogens with zero attached hydrogens (tertiary/aromatic N) is 3. The van der Waals surface area contributed by atoms with Gasteiger partial charge in [-0.2, -0.15) is 8.73 Å². The van der Waals surface area contributed by atoms with Crippen molar-refractivity contribution < 1.29 is 4.79 Å². The second kappa shape index (κ2) is 6.68. The molecular weight excluding hydrogens is 298 g/mol. The third-order valence-electron chi connectivity index (χ3n) is 4.28. The molecule has 0 aliphatic carbocycles. The number of likely N-dealkylation sites (tertiary alicyclic amines) is 1. The van der Waals surface area contributed by atoms with Crippen LogP contribution >= 0.6 is 0 Å². The van der Waals surface area contributed by atoms with E-state index in [1.165, 1.54) is 0 Å². The minimum absolute atomic E-state index is 0.0199. The molecule has 0 aromatic heterocycles. The molecule has 3 rings (SSSR count). The zero-order valence-electron chi connectivity index (χ0n) is 12.7. The van der Waals surface area contributed by atoms with Crippen molar-refractivity contribution in [3.8, 4) is 0 Å². The molecule has 1 aromatic carbocycles. The van der Waals surface area contributed by atoms with Gasteiger partial charge in [-0.1, -0.05) is 13.0 Å². The first-order valence-corrected chi connectivity index (χ1v) is 8.35. The monoisotopic (exact) mass is 319 g/mol. The maximum Gasteiger partial charge on any atom is 0.238 e. The molecule has 0 saturated carbocycles. The van der Waals surface area contributed by atoms with Crippen molar-refractivity contribution in [2.45, 2.75) is 25.8 Å². The standard InChI is InChI=1S/C15H21N5OS/c1-10-5-6-20(11(7-10)8-16)9-14(21)17-12-3-2-4-13-15(12)19-22-18-13/h2-4,10-11H,5-9,16H2,1H3,(H,17,21). The van der Waals surface area contributed by atoms with Gasteiger partial charge in [-0.05, 0) is 37.4 Å². The van der Waals surface area contributed by atoms with Crippen LogP contribution in [0.25, 0.3) is 0 Å². The summed E-state index contributed by atoms with van der Waals surface area (Å²) in [5.41, 5.74) is 8.15. The second-order valence-electron chi connectivity index (χ2n) is 5.98. The summed E-state index contributed by atoms with van der Waals surface area (Å²) < 4.78 is 8.43. The quantitative estimate of drug-likeness (QED) is 0.908. The minimum Gasteiger partial charge on any atom is -0.329 e. The zero-order valence-corrected chi connectivity index (χ0v) is 13.5. The topological polar surface area (TPSA) is 83.1 Å². The van der Waals surface area contributed by atoms with E-state index >= 15 is 0 Å². The Bertz CT molecular complexity index is 641. The Morgan fingerprint density at radius 2 is 2.36 bits per heavy atom. The average Bonchev–Trinajstić information content (AvgIpc) is 2.98. The molecule has 0 radical (unpaired) electrons. The third-order valence-corrected chi connectivity index (χ3v) is 4.82. The van der Waals surface area contributed by atoms with Crippen LogP contribution in [0.15, 0.2) is 26.9 Å². The van der Waals surface area contributed by atoms with Crippen LogP contribution in [0.4, 0.5) is 17.1 Å². The van der Waals surface area contributed by atoms with Gasteiger partial charge in [0.25, 0.3) is 0 Å². The van der Waals surface area contributed by atoms with Crippen molar-refractivity contribution in [1.29, 1.82) is 0 Å². The van der Waals surface area contributed by atoms with Crippen molar-refractivity contribution in [3.63, 3.8) is 0 Å². The van der Waals surface area contributed by atoms with E-state index in [9.17, 15) is 4.79 Å². The summed E-state index contributed by atoms with van der Waals surface area (Å²) in [6.45, 7) is 4.15. The number of nitrogens with one attached hydrogen (secondary N) is 1. The highest BCUT2D eigenvalue weighted by Gasteiger charge is 2.27. The molecule has 118 valence electrons. The summed E-state index contributed by atoms with van der Waals surface area (Å²) in [5.74, 6) is 0.663. The van der Waals surface area contributed by atoms with Crippen LogP contribution in [0.5, 0.6) is 0 Å². The van der Waals surface area contributed by atoms with Gasteiger partial charge in [0.1, 0.15) is 11.4 Å². The van der Waals surface area contributed by atoms with Crippen LogP contribution in [0.3, 0.4) is 0 Å². The van der Waals surface area contributed by atoms with Gasteiger partial charge in [0.2, 0.25) is 5.91 Å². The number of benzene rings is 1. The lowest BCUT2D eigenvalue weighted by Crippen LogP contribution is -2.49. The number of fused-ring (bicyclic) bond motifs is 1. The lowest BCUT2D eigenvalue weighted by atomic mass is 9.92. The number of rotatable bonds is 4. The number of amides is 1. The molecule has 6 nitrogen and oxygen atoms in total. The van der Waals surface area contributed by atoms with Crippen molar-refractivity contribution in [3.05, 3.63) is 18.2 Å². The Kier molecular flexibility index (Phi) is 4.66. The van der Waals surface area contributed by atoms with Crippen molar-refractivity contribution in [1.82, 2.24) is 4.90 Å².